The van der Waals surface area contributed by atoms with E-state index in [1.54, 1.807) is 12.4 Å². The van der Waals surface area contributed by atoms with Gasteiger partial charge in [-0.15, -0.1) is 0 Å². The molecule has 3 N–H and O–H groups in total. The van der Waals surface area contributed by atoms with Crippen molar-refractivity contribution < 1.29 is 9.90 Å². The Balaban J connectivity index is 1.45. The smallest absolute Gasteiger partial charge is 0.224 e. The maximum atomic E-state index is 12.7. The lowest BCUT2D eigenvalue weighted by Gasteiger charge is -2.38. The molecule has 1 aliphatic rings. The number of pyridine rings is 1. The van der Waals surface area contributed by atoms with E-state index in [0.717, 1.165) is 41.3 Å². The number of hydrogen-bond donors (Lipinski definition) is 3. The van der Waals surface area contributed by atoms with Gasteiger partial charge >= 0.3 is 0 Å². The number of para-hydroxylation sites is 1. The average Bonchev–Trinajstić information content (AvgIpc) is 3.02. The Hall–Kier alpha value is -2.66. The fraction of sp³-hybridized carbons (Fsp3) is 0.333. The van der Waals surface area contributed by atoms with Gasteiger partial charge in [-0.25, -0.2) is 0 Å². The van der Waals surface area contributed by atoms with Crippen LogP contribution >= 0.6 is 0 Å². The highest BCUT2D eigenvalue weighted by Crippen LogP contribution is 2.32. The van der Waals surface area contributed by atoms with Gasteiger partial charge in [-0.3, -0.25) is 9.78 Å². The average molecular weight is 349 g/mol. The lowest BCUT2D eigenvalue weighted by atomic mass is 9.75. The maximum absolute atomic E-state index is 12.7. The summed E-state index contributed by atoms with van der Waals surface area (Å²) in [5, 5.41) is 14.0. The molecule has 0 unspecified atom stereocenters. The number of nitrogens with zero attached hydrogens (tertiary/aromatic N) is 1. The standard InChI is InChI=1S/C21H23N3O2/c25-17-10-15(11-17)20(9-14-5-7-22-8-6-14)24-21(26)12-16-13-23-19-4-2-1-3-18(16)19/h1-8,13,15,17,20,23,25H,9-12H2,(H,24,26)/t15?,17?,20-/m1/s1. The second-order valence-corrected chi connectivity index (χ2v) is 7.16. The number of aromatic amines is 1. The van der Waals surface area contributed by atoms with E-state index in [2.05, 4.69) is 15.3 Å². The van der Waals surface area contributed by atoms with Crippen molar-refractivity contribution in [1.82, 2.24) is 15.3 Å². The molecule has 1 fully saturated rings. The van der Waals surface area contributed by atoms with Crippen molar-refractivity contribution in [2.45, 2.75) is 37.8 Å². The summed E-state index contributed by atoms with van der Waals surface area (Å²) in [6, 6.07) is 12.0. The van der Waals surface area contributed by atoms with Gasteiger partial charge in [0, 0.05) is 35.5 Å². The van der Waals surface area contributed by atoms with Gasteiger partial charge in [0.15, 0.2) is 0 Å². The number of aliphatic hydroxyl groups excluding tert-OH is 1. The van der Waals surface area contributed by atoms with Crippen LogP contribution in [0.2, 0.25) is 0 Å². The quantitative estimate of drug-likeness (QED) is 0.640. The Morgan fingerprint density at radius 2 is 2.00 bits per heavy atom. The normalized spacial score (nSPS) is 20.5. The molecule has 0 spiro atoms. The topological polar surface area (TPSA) is 78.0 Å². The van der Waals surface area contributed by atoms with Crippen molar-refractivity contribution in [1.29, 1.82) is 0 Å². The number of H-pyrrole nitrogens is 1. The second-order valence-electron chi connectivity index (χ2n) is 7.16. The predicted octanol–water partition coefficient (Wildman–Crippen LogP) is 2.60. The summed E-state index contributed by atoms with van der Waals surface area (Å²) < 4.78 is 0. The van der Waals surface area contributed by atoms with Crippen LogP contribution in [0.5, 0.6) is 0 Å². The van der Waals surface area contributed by atoms with Crippen LogP contribution < -0.4 is 5.32 Å². The van der Waals surface area contributed by atoms with E-state index in [1.807, 2.05) is 42.6 Å². The van der Waals surface area contributed by atoms with Gasteiger partial charge in [0.25, 0.3) is 0 Å². The third-order valence-corrected chi connectivity index (χ3v) is 5.30. The van der Waals surface area contributed by atoms with Crippen LogP contribution in [0, 0.1) is 5.92 Å². The number of carbonyl (C=O) groups excluding carboxylic acids is 1. The first-order valence-corrected chi connectivity index (χ1v) is 9.10. The largest absolute Gasteiger partial charge is 0.393 e. The molecular weight excluding hydrogens is 326 g/mol. The molecule has 1 amide bonds. The summed E-state index contributed by atoms with van der Waals surface area (Å²) in [4.78, 5) is 20.0. The summed E-state index contributed by atoms with van der Waals surface area (Å²) in [5.74, 6) is 0.347. The Labute approximate surface area is 152 Å². The molecule has 1 aliphatic carbocycles. The highest BCUT2D eigenvalue weighted by Gasteiger charge is 2.34. The van der Waals surface area contributed by atoms with Crippen molar-refractivity contribution >= 4 is 16.8 Å². The van der Waals surface area contributed by atoms with Crippen LogP contribution in [0.3, 0.4) is 0 Å². The first-order valence-electron chi connectivity index (χ1n) is 9.10. The lowest BCUT2D eigenvalue weighted by molar-refractivity contribution is -0.122. The molecular formula is C21H23N3O2. The number of carbonyl (C=O) groups is 1. The van der Waals surface area contributed by atoms with Crippen LogP contribution in [0.15, 0.2) is 55.0 Å². The molecule has 0 bridgehead atoms. The van der Waals surface area contributed by atoms with Gasteiger partial charge < -0.3 is 15.4 Å². The van der Waals surface area contributed by atoms with Crippen molar-refractivity contribution in [3.05, 3.63) is 66.1 Å². The minimum Gasteiger partial charge on any atom is -0.393 e. The van der Waals surface area contributed by atoms with Crippen molar-refractivity contribution in [3.63, 3.8) is 0 Å². The van der Waals surface area contributed by atoms with E-state index in [4.69, 9.17) is 0 Å². The first kappa shape index (κ1) is 16.8. The van der Waals surface area contributed by atoms with E-state index < -0.39 is 0 Å². The monoisotopic (exact) mass is 349 g/mol. The van der Waals surface area contributed by atoms with Gasteiger partial charge in [-0.05, 0) is 54.5 Å². The molecule has 5 nitrogen and oxygen atoms in total. The second kappa shape index (κ2) is 7.30. The van der Waals surface area contributed by atoms with Gasteiger partial charge in [0.05, 0.1) is 12.5 Å². The van der Waals surface area contributed by atoms with Crippen molar-refractivity contribution in [2.24, 2.45) is 5.92 Å². The predicted molar refractivity (Wildman–Crippen MR) is 101 cm³/mol. The Bertz CT molecular complexity index is 884. The minimum atomic E-state index is -0.231. The molecule has 2 heterocycles. The zero-order valence-electron chi connectivity index (χ0n) is 14.6. The van der Waals surface area contributed by atoms with Crippen LogP contribution in [0.1, 0.15) is 24.0 Å². The summed E-state index contributed by atoms with van der Waals surface area (Å²) in [6.07, 6.45) is 7.85. The van der Waals surface area contributed by atoms with Crippen molar-refractivity contribution in [2.75, 3.05) is 0 Å². The van der Waals surface area contributed by atoms with Crippen LogP contribution in [0.4, 0.5) is 0 Å². The van der Waals surface area contributed by atoms with E-state index in [1.165, 1.54) is 0 Å². The lowest BCUT2D eigenvalue weighted by Crippen LogP contribution is -2.48. The number of hydrogen-bond acceptors (Lipinski definition) is 3. The minimum absolute atomic E-state index is 0.0233. The number of fused-ring (bicyclic) bond motifs is 1. The first-order chi connectivity index (χ1) is 12.7. The molecule has 1 atom stereocenters. The van der Waals surface area contributed by atoms with E-state index in [9.17, 15) is 9.90 Å². The zero-order chi connectivity index (χ0) is 17.9. The molecule has 2 aromatic heterocycles. The summed E-state index contributed by atoms with van der Waals surface area (Å²) >= 11 is 0. The number of nitrogens with one attached hydrogen (secondary N) is 2. The van der Waals surface area contributed by atoms with Crippen LogP contribution in [-0.4, -0.2) is 33.1 Å². The number of aromatic nitrogens is 2. The third kappa shape index (κ3) is 3.63. The number of aliphatic hydroxyl groups is 1. The highest BCUT2D eigenvalue weighted by atomic mass is 16.3. The Morgan fingerprint density at radius 3 is 2.77 bits per heavy atom. The van der Waals surface area contributed by atoms with Crippen LogP contribution in [-0.2, 0) is 17.6 Å². The number of amides is 1. The number of rotatable bonds is 6. The summed E-state index contributed by atoms with van der Waals surface area (Å²) in [6.45, 7) is 0. The highest BCUT2D eigenvalue weighted by molar-refractivity contribution is 5.88. The number of benzene rings is 1. The van der Waals surface area contributed by atoms with E-state index in [0.29, 0.717) is 12.3 Å². The molecule has 0 aliphatic heterocycles. The summed E-state index contributed by atoms with van der Waals surface area (Å²) in [7, 11) is 0. The molecule has 26 heavy (non-hydrogen) atoms. The Kier molecular flexibility index (Phi) is 4.71. The molecule has 0 saturated heterocycles. The van der Waals surface area contributed by atoms with Crippen molar-refractivity contribution in [3.8, 4) is 0 Å². The zero-order valence-corrected chi connectivity index (χ0v) is 14.6. The van der Waals surface area contributed by atoms with Gasteiger partial charge in [-0.2, -0.15) is 0 Å². The summed E-state index contributed by atoms with van der Waals surface area (Å²) in [5.41, 5.74) is 3.21. The van der Waals surface area contributed by atoms with Gasteiger partial charge in [0.1, 0.15) is 0 Å². The molecule has 4 rings (SSSR count). The van der Waals surface area contributed by atoms with Gasteiger partial charge in [0.2, 0.25) is 5.91 Å². The molecule has 1 aromatic carbocycles. The molecule has 5 heteroatoms. The van der Waals surface area contributed by atoms with Gasteiger partial charge in [-0.1, -0.05) is 18.2 Å². The fourth-order valence-electron chi connectivity index (χ4n) is 3.78. The fourth-order valence-corrected chi connectivity index (χ4v) is 3.78. The Morgan fingerprint density at radius 1 is 1.23 bits per heavy atom. The third-order valence-electron chi connectivity index (χ3n) is 5.30. The molecule has 3 aromatic rings. The molecule has 134 valence electrons. The van der Waals surface area contributed by atoms with E-state index >= 15 is 0 Å². The van der Waals surface area contributed by atoms with Crippen LogP contribution in [0.25, 0.3) is 10.9 Å². The maximum Gasteiger partial charge on any atom is 0.224 e. The molecule has 0 radical (unpaired) electrons. The SMILES string of the molecule is O=C(Cc1c[nH]c2ccccc12)N[C@H](Cc1ccncc1)C1CC(O)C1. The van der Waals surface area contributed by atoms with E-state index in [-0.39, 0.29) is 18.1 Å². The molecule has 1 saturated carbocycles.